The molecule has 1 saturated carbocycles. The Morgan fingerprint density at radius 2 is 1.91 bits per heavy atom. The quantitative estimate of drug-likeness (QED) is 0.177. The lowest BCUT2D eigenvalue weighted by Gasteiger charge is -2.21. The minimum absolute atomic E-state index is 0.0824. The molecule has 3 heterocycles. The van der Waals surface area contributed by atoms with Crippen LogP contribution in [-0.4, -0.2) is 36.9 Å². The van der Waals surface area contributed by atoms with Crippen LogP contribution in [0.5, 0.6) is 0 Å². The number of rotatable bonds is 10. The summed E-state index contributed by atoms with van der Waals surface area (Å²) >= 11 is 0. The molecule has 0 saturated heterocycles. The molecule has 0 bridgehead atoms. The molecule has 9 heteroatoms. The predicted molar refractivity (Wildman–Crippen MR) is 166 cm³/mol. The SMILES string of the molecule is Cc1cccc(Nc2ccccc2C(=O)OCCn2ccc3c(-c4cnn(C(CC#N)C5CCCC5)c4)ncnc32)c1C. The highest BCUT2D eigenvalue weighted by Gasteiger charge is 2.27. The van der Waals surface area contributed by atoms with E-state index in [0.717, 1.165) is 46.4 Å². The molecule has 1 atom stereocenters. The average molecular weight is 574 g/mol. The summed E-state index contributed by atoms with van der Waals surface area (Å²) in [7, 11) is 0. The first kappa shape index (κ1) is 28.2. The Bertz CT molecular complexity index is 1790. The Labute approximate surface area is 251 Å². The Morgan fingerprint density at radius 1 is 1.09 bits per heavy atom. The van der Waals surface area contributed by atoms with E-state index in [1.807, 2.05) is 64.2 Å². The highest BCUT2D eigenvalue weighted by atomic mass is 16.5. The van der Waals surface area contributed by atoms with Crippen molar-refractivity contribution in [2.24, 2.45) is 5.92 Å². The van der Waals surface area contributed by atoms with E-state index in [1.165, 1.54) is 18.4 Å². The summed E-state index contributed by atoms with van der Waals surface area (Å²) in [6.07, 6.45) is 12.5. The molecule has 1 N–H and O–H groups in total. The number of ether oxygens (including phenoxy) is 1. The molecule has 1 fully saturated rings. The van der Waals surface area contributed by atoms with Crippen molar-refractivity contribution < 1.29 is 9.53 Å². The van der Waals surface area contributed by atoms with Crippen LogP contribution in [0.15, 0.2) is 73.4 Å². The molecule has 6 rings (SSSR count). The number of hydrogen-bond donors (Lipinski definition) is 1. The second-order valence-electron chi connectivity index (χ2n) is 11.2. The normalized spacial score (nSPS) is 14.1. The van der Waals surface area contributed by atoms with Gasteiger partial charge in [-0.15, -0.1) is 0 Å². The van der Waals surface area contributed by atoms with E-state index in [0.29, 0.717) is 30.1 Å². The van der Waals surface area contributed by atoms with Crippen LogP contribution >= 0.6 is 0 Å². The molecule has 0 aliphatic heterocycles. The summed E-state index contributed by atoms with van der Waals surface area (Å²) in [5, 5.41) is 18.4. The summed E-state index contributed by atoms with van der Waals surface area (Å²) in [6.45, 7) is 4.76. The summed E-state index contributed by atoms with van der Waals surface area (Å²) in [5.74, 6) is 0.0952. The molecule has 218 valence electrons. The first-order chi connectivity index (χ1) is 21.0. The van der Waals surface area contributed by atoms with E-state index in [9.17, 15) is 10.1 Å². The molecule has 1 unspecified atom stereocenters. The summed E-state index contributed by atoms with van der Waals surface area (Å²) < 4.78 is 9.63. The van der Waals surface area contributed by atoms with Gasteiger partial charge in [0.2, 0.25) is 0 Å². The fourth-order valence-corrected chi connectivity index (χ4v) is 6.08. The van der Waals surface area contributed by atoms with Crippen molar-refractivity contribution in [3.63, 3.8) is 0 Å². The number of fused-ring (bicyclic) bond motifs is 1. The molecule has 0 radical (unpaired) electrons. The van der Waals surface area contributed by atoms with Crippen LogP contribution in [-0.2, 0) is 11.3 Å². The van der Waals surface area contributed by atoms with Gasteiger partial charge in [0.1, 0.15) is 18.6 Å². The van der Waals surface area contributed by atoms with Crippen molar-refractivity contribution in [1.29, 1.82) is 5.26 Å². The number of para-hydroxylation sites is 1. The van der Waals surface area contributed by atoms with Crippen LogP contribution in [0, 0.1) is 31.1 Å². The average Bonchev–Trinajstić information content (AvgIpc) is 3.81. The van der Waals surface area contributed by atoms with Gasteiger partial charge in [-0.2, -0.15) is 10.4 Å². The van der Waals surface area contributed by atoms with E-state index < -0.39 is 0 Å². The highest BCUT2D eigenvalue weighted by molar-refractivity contribution is 5.96. The van der Waals surface area contributed by atoms with E-state index in [4.69, 9.17) is 4.74 Å². The third kappa shape index (κ3) is 5.86. The number of nitriles is 1. The number of nitrogens with one attached hydrogen (secondary N) is 1. The molecule has 1 aliphatic rings. The minimum atomic E-state index is -0.387. The van der Waals surface area contributed by atoms with Crippen molar-refractivity contribution in [1.82, 2.24) is 24.3 Å². The van der Waals surface area contributed by atoms with Crippen LogP contribution in [0.4, 0.5) is 11.4 Å². The molecule has 1 aliphatic carbocycles. The number of esters is 1. The lowest BCUT2D eigenvalue weighted by atomic mass is 9.96. The molecule has 5 aromatic rings. The van der Waals surface area contributed by atoms with Crippen LogP contribution in [0.2, 0.25) is 0 Å². The first-order valence-electron chi connectivity index (χ1n) is 14.8. The van der Waals surface area contributed by atoms with E-state index >= 15 is 0 Å². The first-order valence-corrected chi connectivity index (χ1v) is 14.8. The largest absolute Gasteiger partial charge is 0.460 e. The van der Waals surface area contributed by atoms with Gasteiger partial charge in [0, 0.05) is 29.0 Å². The summed E-state index contributed by atoms with van der Waals surface area (Å²) in [6, 6.07) is 17.9. The van der Waals surface area contributed by atoms with Gasteiger partial charge in [0.25, 0.3) is 0 Å². The van der Waals surface area contributed by atoms with Crippen LogP contribution in [0.1, 0.15) is 59.6 Å². The maximum atomic E-state index is 13.1. The monoisotopic (exact) mass is 573 g/mol. The Morgan fingerprint density at radius 3 is 2.74 bits per heavy atom. The number of benzene rings is 2. The van der Waals surface area contributed by atoms with Gasteiger partial charge in [0.05, 0.1) is 48.2 Å². The van der Waals surface area contributed by atoms with Crippen molar-refractivity contribution >= 4 is 28.4 Å². The zero-order valence-corrected chi connectivity index (χ0v) is 24.5. The predicted octanol–water partition coefficient (Wildman–Crippen LogP) is 7.16. The molecule has 2 aromatic carbocycles. The number of nitrogens with zero attached hydrogens (tertiary/aromatic N) is 6. The second-order valence-corrected chi connectivity index (χ2v) is 11.2. The number of hydrogen-bond acceptors (Lipinski definition) is 7. The lowest BCUT2D eigenvalue weighted by molar-refractivity contribution is 0.0493. The topological polar surface area (TPSA) is 111 Å². The van der Waals surface area contributed by atoms with Gasteiger partial charge < -0.3 is 14.6 Å². The fourth-order valence-electron chi connectivity index (χ4n) is 6.08. The van der Waals surface area contributed by atoms with Gasteiger partial charge in [-0.25, -0.2) is 14.8 Å². The van der Waals surface area contributed by atoms with Gasteiger partial charge in [-0.1, -0.05) is 37.1 Å². The number of anilines is 2. The van der Waals surface area contributed by atoms with E-state index in [-0.39, 0.29) is 18.6 Å². The maximum absolute atomic E-state index is 13.1. The molecular weight excluding hydrogens is 538 g/mol. The van der Waals surface area contributed by atoms with Crippen molar-refractivity contribution in [2.75, 3.05) is 11.9 Å². The zero-order chi connectivity index (χ0) is 29.8. The highest BCUT2D eigenvalue weighted by Crippen LogP contribution is 2.37. The molecule has 3 aromatic heterocycles. The number of carbonyl (C=O) groups is 1. The fraction of sp³-hybridized carbons (Fsp3) is 0.324. The Hall–Kier alpha value is -4.97. The number of aryl methyl sites for hydroxylation is 1. The van der Waals surface area contributed by atoms with Gasteiger partial charge in [-0.05, 0) is 68.0 Å². The maximum Gasteiger partial charge on any atom is 0.340 e. The zero-order valence-electron chi connectivity index (χ0n) is 24.5. The lowest BCUT2D eigenvalue weighted by Crippen LogP contribution is -2.17. The van der Waals surface area contributed by atoms with Crippen LogP contribution < -0.4 is 5.32 Å². The number of carbonyl (C=O) groups excluding carboxylic acids is 1. The van der Waals surface area contributed by atoms with Crippen LogP contribution in [0.25, 0.3) is 22.3 Å². The molecule has 0 amide bonds. The molecule has 0 spiro atoms. The smallest absolute Gasteiger partial charge is 0.340 e. The standard InChI is InChI=1S/C34H35N7O2/c1-23-8-7-13-29(24(23)2)39-30-12-6-5-11-27(30)34(42)43-19-18-40-17-15-28-32(36-22-37-33(28)40)26-20-38-41(21-26)31(14-16-35)25-9-3-4-10-25/h5-8,11-13,15,17,20-22,25,31,39H,3-4,9-10,14,18-19H2,1-2H3. The van der Waals surface area contributed by atoms with Crippen molar-refractivity contribution in [3.05, 3.63) is 90.1 Å². The number of aromatic nitrogens is 5. The third-order valence-corrected chi connectivity index (χ3v) is 8.60. The van der Waals surface area contributed by atoms with Crippen LogP contribution in [0.3, 0.4) is 0 Å². The molecule has 9 nitrogen and oxygen atoms in total. The second kappa shape index (κ2) is 12.5. The van der Waals surface area contributed by atoms with E-state index in [2.05, 4.69) is 46.4 Å². The molecular formula is C34H35N7O2. The summed E-state index contributed by atoms with van der Waals surface area (Å²) in [5.41, 5.74) is 6.90. The molecule has 43 heavy (non-hydrogen) atoms. The Balaban J connectivity index is 1.15. The third-order valence-electron chi connectivity index (χ3n) is 8.60. The minimum Gasteiger partial charge on any atom is -0.460 e. The van der Waals surface area contributed by atoms with Crippen molar-refractivity contribution in [3.8, 4) is 17.3 Å². The van der Waals surface area contributed by atoms with Gasteiger partial charge >= 0.3 is 5.97 Å². The summed E-state index contributed by atoms with van der Waals surface area (Å²) in [4.78, 5) is 22.2. The van der Waals surface area contributed by atoms with E-state index in [1.54, 1.807) is 12.4 Å². The Kier molecular flexibility index (Phi) is 8.18. The van der Waals surface area contributed by atoms with Gasteiger partial charge in [0.15, 0.2) is 0 Å². The van der Waals surface area contributed by atoms with Gasteiger partial charge in [-0.3, -0.25) is 4.68 Å². The van der Waals surface area contributed by atoms with Crippen molar-refractivity contribution in [2.45, 2.75) is 58.5 Å².